The van der Waals surface area contributed by atoms with E-state index in [2.05, 4.69) is 25.3 Å². The molecule has 2 N–H and O–H groups in total. The van der Waals surface area contributed by atoms with Gasteiger partial charge in [0, 0.05) is 49.5 Å². The summed E-state index contributed by atoms with van der Waals surface area (Å²) in [5.41, 5.74) is 2.74. The largest absolute Gasteiger partial charge is 0.379 e. The fourth-order valence-electron chi connectivity index (χ4n) is 4.67. The van der Waals surface area contributed by atoms with Crippen LogP contribution in [0, 0.1) is 0 Å². The van der Waals surface area contributed by atoms with Gasteiger partial charge >= 0.3 is 0 Å². The predicted octanol–water partition coefficient (Wildman–Crippen LogP) is 3.28. The van der Waals surface area contributed by atoms with Crippen molar-refractivity contribution in [3.8, 4) is 11.3 Å². The van der Waals surface area contributed by atoms with Crippen LogP contribution < -0.4 is 10.6 Å². The fraction of sp³-hybridized carbons (Fsp3) is 0.391. The molecule has 0 radical (unpaired) electrons. The predicted molar refractivity (Wildman–Crippen MR) is 121 cm³/mol. The Kier molecular flexibility index (Phi) is 4.76. The number of aromatic nitrogens is 5. The molecule has 1 aliphatic heterocycles. The molecule has 2 unspecified atom stereocenters. The molecule has 4 aromatic heterocycles. The van der Waals surface area contributed by atoms with Gasteiger partial charge in [-0.2, -0.15) is 9.61 Å². The summed E-state index contributed by atoms with van der Waals surface area (Å²) in [5.74, 6) is -2.88. The average Bonchev–Trinajstić information content (AvgIpc) is 3.59. The highest BCUT2D eigenvalue weighted by Gasteiger charge is 2.49. The summed E-state index contributed by atoms with van der Waals surface area (Å²) in [5, 5.41) is 10.7. The van der Waals surface area contributed by atoms with Crippen LogP contribution in [0.5, 0.6) is 0 Å². The molecule has 5 heterocycles. The number of pyridine rings is 1. The summed E-state index contributed by atoms with van der Waals surface area (Å²) in [6.07, 6.45) is 6.05. The normalized spacial score (nSPS) is 21.6. The third-order valence-corrected chi connectivity index (χ3v) is 6.72. The molecule has 0 spiro atoms. The van der Waals surface area contributed by atoms with Crippen molar-refractivity contribution in [1.29, 1.82) is 0 Å². The van der Waals surface area contributed by atoms with Gasteiger partial charge in [-0.05, 0) is 25.0 Å². The molecule has 2 atom stereocenters. The molecule has 34 heavy (non-hydrogen) atoms. The molecular weight excluding hydrogens is 444 g/mol. The van der Waals surface area contributed by atoms with Crippen LogP contribution in [-0.4, -0.2) is 62.3 Å². The van der Waals surface area contributed by atoms with Gasteiger partial charge in [-0.1, -0.05) is 0 Å². The molecule has 2 aliphatic rings. The van der Waals surface area contributed by atoms with Crippen molar-refractivity contribution in [3.63, 3.8) is 0 Å². The second-order valence-corrected chi connectivity index (χ2v) is 8.74. The zero-order valence-corrected chi connectivity index (χ0v) is 18.5. The Morgan fingerprint density at radius 3 is 2.88 bits per heavy atom. The van der Waals surface area contributed by atoms with Crippen molar-refractivity contribution in [2.45, 2.75) is 37.3 Å². The summed E-state index contributed by atoms with van der Waals surface area (Å²) in [4.78, 5) is 22.2. The van der Waals surface area contributed by atoms with E-state index in [1.165, 1.54) is 10.7 Å². The Morgan fingerprint density at radius 2 is 2.18 bits per heavy atom. The standard InChI is InChI=1S/C23H23F2N7O2/c1-26-19-9-17(16-11-31(13-5-8-34-12-13)20-14(16)3-2-7-27-20)29-21-15(10-28-32(19)21)22(33)30-18-4-6-23(18,24)25/h2-3,7,9-11,13,18,26H,4-6,8,12H2,1H3,(H,30,33). The van der Waals surface area contributed by atoms with E-state index in [9.17, 15) is 13.6 Å². The van der Waals surface area contributed by atoms with Gasteiger partial charge < -0.3 is 19.9 Å². The zero-order valence-electron chi connectivity index (χ0n) is 18.5. The fourth-order valence-corrected chi connectivity index (χ4v) is 4.67. The van der Waals surface area contributed by atoms with E-state index in [4.69, 9.17) is 9.72 Å². The van der Waals surface area contributed by atoms with Gasteiger partial charge in [0.15, 0.2) is 5.65 Å². The number of alkyl halides is 2. The number of anilines is 1. The Morgan fingerprint density at radius 1 is 1.29 bits per heavy atom. The molecule has 0 bridgehead atoms. The number of fused-ring (bicyclic) bond motifs is 2. The molecule has 11 heteroatoms. The van der Waals surface area contributed by atoms with Crippen molar-refractivity contribution in [2.24, 2.45) is 0 Å². The first-order valence-electron chi connectivity index (χ1n) is 11.2. The number of ether oxygens (including phenoxy) is 1. The summed E-state index contributed by atoms with van der Waals surface area (Å²) in [6, 6.07) is 4.71. The van der Waals surface area contributed by atoms with E-state index in [1.54, 1.807) is 13.2 Å². The van der Waals surface area contributed by atoms with Crippen LogP contribution in [0.1, 0.15) is 35.7 Å². The van der Waals surface area contributed by atoms with Crippen LogP contribution in [0.25, 0.3) is 27.9 Å². The lowest BCUT2D eigenvalue weighted by atomic mass is 9.88. The molecule has 6 rings (SSSR count). The maximum absolute atomic E-state index is 13.7. The van der Waals surface area contributed by atoms with Gasteiger partial charge in [0.2, 0.25) is 0 Å². The molecule has 1 amide bonds. The van der Waals surface area contributed by atoms with Crippen molar-refractivity contribution in [3.05, 3.63) is 42.4 Å². The number of rotatable bonds is 5. The van der Waals surface area contributed by atoms with Crippen LogP contribution in [0.15, 0.2) is 36.8 Å². The van der Waals surface area contributed by atoms with E-state index < -0.39 is 17.9 Å². The third-order valence-electron chi connectivity index (χ3n) is 6.72. The molecule has 4 aromatic rings. The van der Waals surface area contributed by atoms with E-state index in [1.807, 2.05) is 24.4 Å². The molecule has 1 aliphatic carbocycles. The first-order valence-corrected chi connectivity index (χ1v) is 11.2. The molecule has 1 saturated heterocycles. The summed E-state index contributed by atoms with van der Waals surface area (Å²) in [7, 11) is 1.75. The number of halogens is 2. The molecule has 0 aromatic carbocycles. The number of carbonyl (C=O) groups excluding carboxylic acids is 1. The Bertz CT molecular complexity index is 1410. The third kappa shape index (κ3) is 3.22. The highest BCUT2D eigenvalue weighted by atomic mass is 19.3. The Labute approximate surface area is 193 Å². The lowest BCUT2D eigenvalue weighted by molar-refractivity contribution is -0.102. The van der Waals surface area contributed by atoms with E-state index in [-0.39, 0.29) is 30.1 Å². The van der Waals surface area contributed by atoms with Crippen molar-refractivity contribution >= 4 is 28.4 Å². The SMILES string of the molecule is CNc1cc(-c2cn(C3CCOC3)c3ncccc23)nc2c(C(=O)NC3CCC3(F)F)cnn12. The Balaban J connectivity index is 1.46. The molecule has 9 nitrogen and oxygen atoms in total. The van der Waals surface area contributed by atoms with Gasteiger partial charge in [-0.25, -0.2) is 18.7 Å². The number of carbonyl (C=O) groups is 1. The number of nitrogens with one attached hydrogen (secondary N) is 2. The number of nitrogens with zero attached hydrogens (tertiary/aromatic N) is 5. The van der Waals surface area contributed by atoms with Crippen molar-refractivity contribution < 1.29 is 18.3 Å². The molecular formula is C23H23F2N7O2. The summed E-state index contributed by atoms with van der Waals surface area (Å²) >= 11 is 0. The van der Waals surface area contributed by atoms with Crippen LogP contribution in [0.2, 0.25) is 0 Å². The lowest BCUT2D eigenvalue weighted by Crippen LogP contribution is -2.55. The first kappa shape index (κ1) is 21.0. The number of amides is 1. The van der Waals surface area contributed by atoms with Gasteiger partial charge in [-0.3, -0.25) is 4.79 Å². The topological polar surface area (TPSA) is 98.4 Å². The first-order chi connectivity index (χ1) is 16.5. The summed E-state index contributed by atoms with van der Waals surface area (Å²) in [6.45, 7) is 1.32. The van der Waals surface area contributed by atoms with Gasteiger partial charge in [-0.15, -0.1) is 0 Å². The molecule has 1 saturated carbocycles. The lowest BCUT2D eigenvalue weighted by Gasteiger charge is -2.36. The van der Waals surface area contributed by atoms with Crippen LogP contribution >= 0.6 is 0 Å². The molecule has 2 fully saturated rings. The van der Waals surface area contributed by atoms with Gasteiger partial charge in [0.05, 0.1) is 30.6 Å². The van der Waals surface area contributed by atoms with Crippen molar-refractivity contribution in [1.82, 2.24) is 29.5 Å². The smallest absolute Gasteiger partial charge is 0.267 e. The van der Waals surface area contributed by atoms with E-state index in [0.29, 0.717) is 24.7 Å². The van der Waals surface area contributed by atoms with Crippen LogP contribution in [0.4, 0.5) is 14.6 Å². The minimum Gasteiger partial charge on any atom is -0.379 e. The van der Waals surface area contributed by atoms with Crippen LogP contribution in [-0.2, 0) is 4.74 Å². The maximum atomic E-state index is 13.7. The monoisotopic (exact) mass is 467 g/mol. The quantitative estimate of drug-likeness (QED) is 0.468. The van der Waals surface area contributed by atoms with Crippen LogP contribution in [0.3, 0.4) is 0 Å². The highest BCUT2D eigenvalue weighted by Crippen LogP contribution is 2.38. The molecule has 176 valence electrons. The average molecular weight is 467 g/mol. The van der Waals surface area contributed by atoms with E-state index >= 15 is 0 Å². The zero-order chi connectivity index (χ0) is 23.4. The Hall–Kier alpha value is -3.60. The summed E-state index contributed by atoms with van der Waals surface area (Å²) < 4.78 is 36.6. The highest BCUT2D eigenvalue weighted by molar-refractivity contribution is 6.01. The number of hydrogen-bond donors (Lipinski definition) is 2. The van der Waals surface area contributed by atoms with Gasteiger partial charge in [0.1, 0.15) is 17.0 Å². The minimum atomic E-state index is -2.88. The second-order valence-electron chi connectivity index (χ2n) is 8.74. The second kappa shape index (κ2) is 7.73. The van der Waals surface area contributed by atoms with Gasteiger partial charge in [0.25, 0.3) is 11.8 Å². The number of hydrogen-bond acceptors (Lipinski definition) is 6. The van der Waals surface area contributed by atoms with E-state index in [0.717, 1.165) is 23.0 Å². The van der Waals surface area contributed by atoms with Crippen molar-refractivity contribution in [2.75, 3.05) is 25.6 Å². The maximum Gasteiger partial charge on any atom is 0.267 e. The minimum absolute atomic E-state index is 0.145.